The van der Waals surface area contributed by atoms with E-state index in [1.807, 2.05) is 30.5 Å². The van der Waals surface area contributed by atoms with Gasteiger partial charge in [0.1, 0.15) is 11.0 Å². The van der Waals surface area contributed by atoms with Gasteiger partial charge in [-0.05, 0) is 63.2 Å². The number of nitrogens with one attached hydrogen (secondary N) is 4. The molecule has 41 heavy (non-hydrogen) atoms. The first-order valence-corrected chi connectivity index (χ1v) is 14.2. The third kappa shape index (κ3) is 5.23. The van der Waals surface area contributed by atoms with Crippen LogP contribution in [0, 0.1) is 5.92 Å². The van der Waals surface area contributed by atoms with E-state index >= 15 is 0 Å². The van der Waals surface area contributed by atoms with Crippen molar-refractivity contribution in [2.24, 2.45) is 5.92 Å². The number of hydrogen-bond donors (Lipinski definition) is 4. The number of amides is 1. The molecule has 1 amide bonds. The standard InChI is InChI=1S/C29H33N11O/c1-39-10-12-40(13-11-39)23-6-9-32-28-26(23)35-29(36-28)27-25-22(37-38-27)3-2-21(34-25)19-15-20(17-31-16-19)33-24(41)14-18-4-7-30-8-5-18/h2-3,6,9,15-18,30H,4-5,7-8,10-14H2,1H3,(H,33,41)(H,37,38)(H,32,35,36). The summed E-state index contributed by atoms with van der Waals surface area (Å²) in [4.78, 5) is 39.5. The Bertz CT molecular complexity index is 1700. The van der Waals surface area contributed by atoms with Gasteiger partial charge >= 0.3 is 0 Å². The number of imidazole rings is 1. The highest BCUT2D eigenvalue weighted by molar-refractivity contribution is 5.94. The second kappa shape index (κ2) is 10.9. The number of nitrogens with zero attached hydrogens (tertiary/aromatic N) is 7. The molecule has 2 aliphatic heterocycles. The smallest absolute Gasteiger partial charge is 0.224 e. The number of hydrogen-bond acceptors (Lipinski definition) is 9. The van der Waals surface area contributed by atoms with E-state index in [1.54, 1.807) is 12.4 Å². The Morgan fingerprint density at radius 3 is 2.78 bits per heavy atom. The number of anilines is 2. The van der Waals surface area contributed by atoms with E-state index < -0.39 is 0 Å². The number of likely N-dealkylation sites (N-methyl/N-ethyl adjacent to an activating group) is 1. The van der Waals surface area contributed by atoms with Crippen LogP contribution in [0.2, 0.25) is 0 Å². The summed E-state index contributed by atoms with van der Waals surface area (Å²) in [5.41, 5.74) is 6.98. The molecule has 0 radical (unpaired) electrons. The lowest BCUT2D eigenvalue weighted by atomic mass is 9.94. The molecule has 2 saturated heterocycles. The maximum atomic E-state index is 12.7. The number of fused-ring (bicyclic) bond motifs is 2. The first-order chi connectivity index (χ1) is 20.1. The van der Waals surface area contributed by atoms with Crippen LogP contribution in [0.5, 0.6) is 0 Å². The van der Waals surface area contributed by atoms with Crippen molar-refractivity contribution in [3.8, 4) is 22.8 Å². The number of aromatic nitrogens is 7. The lowest BCUT2D eigenvalue weighted by Crippen LogP contribution is -2.44. The van der Waals surface area contributed by atoms with E-state index in [-0.39, 0.29) is 5.91 Å². The van der Waals surface area contributed by atoms with Crippen LogP contribution in [-0.2, 0) is 4.79 Å². The van der Waals surface area contributed by atoms with Crippen LogP contribution in [0.25, 0.3) is 45.0 Å². The summed E-state index contributed by atoms with van der Waals surface area (Å²) in [7, 11) is 2.15. The molecule has 12 heteroatoms. The topological polar surface area (TPSA) is 144 Å². The summed E-state index contributed by atoms with van der Waals surface area (Å²) >= 11 is 0. The molecule has 0 aliphatic carbocycles. The molecule has 2 aliphatic rings. The molecule has 5 aromatic heterocycles. The number of carbonyl (C=O) groups is 1. The van der Waals surface area contributed by atoms with Crippen molar-refractivity contribution in [2.45, 2.75) is 19.3 Å². The van der Waals surface area contributed by atoms with Crippen molar-refractivity contribution in [1.29, 1.82) is 0 Å². The highest BCUT2D eigenvalue weighted by Crippen LogP contribution is 2.31. The summed E-state index contributed by atoms with van der Waals surface area (Å²) < 4.78 is 0. The van der Waals surface area contributed by atoms with Crippen molar-refractivity contribution in [2.75, 3.05) is 56.5 Å². The summed E-state index contributed by atoms with van der Waals surface area (Å²) in [6.45, 7) is 5.87. The Kier molecular flexibility index (Phi) is 6.77. The predicted molar refractivity (Wildman–Crippen MR) is 159 cm³/mol. The fourth-order valence-corrected chi connectivity index (χ4v) is 5.75. The van der Waals surface area contributed by atoms with Crippen LogP contribution in [0.1, 0.15) is 19.3 Å². The molecule has 0 aromatic carbocycles. The molecule has 2 fully saturated rings. The zero-order valence-corrected chi connectivity index (χ0v) is 23.0. The molecule has 0 bridgehead atoms. The van der Waals surface area contributed by atoms with Crippen LogP contribution < -0.4 is 15.5 Å². The Labute approximate surface area is 237 Å². The molecular weight excluding hydrogens is 518 g/mol. The fourth-order valence-electron chi connectivity index (χ4n) is 5.75. The van der Waals surface area contributed by atoms with Crippen LogP contribution in [0.4, 0.5) is 11.4 Å². The van der Waals surface area contributed by atoms with Crippen molar-refractivity contribution in [1.82, 2.24) is 45.3 Å². The van der Waals surface area contributed by atoms with Crippen molar-refractivity contribution < 1.29 is 4.79 Å². The third-order valence-corrected chi connectivity index (χ3v) is 8.10. The van der Waals surface area contributed by atoms with Gasteiger partial charge in [-0.3, -0.25) is 14.9 Å². The summed E-state index contributed by atoms with van der Waals surface area (Å²) in [5, 5.41) is 14.0. The molecular formula is C29H33N11O. The van der Waals surface area contributed by atoms with E-state index in [9.17, 15) is 4.79 Å². The molecule has 0 unspecified atom stereocenters. The minimum Gasteiger partial charge on any atom is -0.367 e. The van der Waals surface area contributed by atoms with Crippen molar-refractivity contribution >= 4 is 39.5 Å². The summed E-state index contributed by atoms with van der Waals surface area (Å²) in [6.07, 6.45) is 7.82. The SMILES string of the molecule is CN1CCN(c2ccnc3nc(-c4n[nH]c5ccc(-c6cncc(NC(=O)CC7CCNCC7)c6)nc45)[nH]c23)CC1. The van der Waals surface area contributed by atoms with E-state index in [4.69, 9.17) is 9.97 Å². The number of aromatic amines is 2. The molecule has 7 rings (SSSR count). The third-order valence-electron chi connectivity index (χ3n) is 8.10. The zero-order chi connectivity index (χ0) is 27.8. The van der Waals surface area contributed by atoms with Gasteiger partial charge in [-0.25, -0.2) is 15.0 Å². The Morgan fingerprint density at radius 2 is 1.93 bits per heavy atom. The normalized spacial score (nSPS) is 17.0. The maximum Gasteiger partial charge on any atom is 0.224 e. The Morgan fingerprint density at radius 1 is 1.07 bits per heavy atom. The van der Waals surface area contributed by atoms with E-state index in [2.05, 4.69) is 52.6 Å². The van der Waals surface area contributed by atoms with Gasteiger partial charge in [0.15, 0.2) is 17.2 Å². The van der Waals surface area contributed by atoms with Crippen molar-refractivity contribution in [3.05, 3.63) is 42.9 Å². The largest absolute Gasteiger partial charge is 0.367 e. The predicted octanol–water partition coefficient (Wildman–Crippen LogP) is 3.04. The second-order valence-electron chi connectivity index (χ2n) is 11.0. The number of piperazine rings is 1. The molecule has 4 N–H and O–H groups in total. The van der Waals surface area contributed by atoms with Gasteiger partial charge in [-0.1, -0.05) is 0 Å². The average Bonchev–Trinajstić information content (AvgIpc) is 3.62. The average molecular weight is 552 g/mol. The van der Waals surface area contributed by atoms with Crippen LogP contribution in [0.15, 0.2) is 42.9 Å². The Balaban J connectivity index is 1.16. The lowest BCUT2D eigenvalue weighted by Gasteiger charge is -2.34. The quantitative estimate of drug-likeness (QED) is 0.250. The number of piperidine rings is 1. The summed E-state index contributed by atoms with van der Waals surface area (Å²) in [5.74, 6) is 1.05. The lowest BCUT2D eigenvalue weighted by molar-refractivity contribution is -0.117. The molecule has 7 heterocycles. The van der Waals surface area contributed by atoms with E-state index in [0.717, 1.165) is 80.1 Å². The molecule has 0 saturated carbocycles. The van der Waals surface area contributed by atoms with Gasteiger partial charge < -0.3 is 25.4 Å². The highest BCUT2D eigenvalue weighted by Gasteiger charge is 2.21. The molecule has 0 spiro atoms. The van der Waals surface area contributed by atoms with Gasteiger partial charge in [-0.2, -0.15) is 5.10 Å². The minimum atomic E-state index is 0.0193. The van der Waals surface area contributed by atoms with Gasteiger partial charge in [-0.15, -0.1) is 0 Å². The van der Waals surface area contributed by atoms with Crippen LogP contribution in [-0.4, -0.2) is 92.2 Å². The first-order valence-electron chi connectivity index (χ1n) is 14.2. The first kappa shape index (κ1) is 25.5. The highest BCUT2D eigenvalue weighted by atomic mass is 16.1. The monoisotopic (exact) mass is 551 g/mol. The molecule has 0 atom stereocenters. The summed E-state index contributed by atoms with van der Waals surface area (Å²) in [6, 6.07) is 7.83. The van der Waals surface area contributed by atoms with Crippen molar-refractivity contribution in [3.63, 3.8) is 0 Å². The van der Waals surface area contributed by atoms with Gasteiger partial charge in [0.2, 0.25) is 5.91 Å². The zero-order valence-electron chi connectivity index (χ0n) is 23.0. The van der Waals surface area contributed by atoms with Gasteiger partial charge in [0, 0.05) is 50.6 Å². The van der Waals surface area contributed by atoms with Gasteiger partial charge in [0.05, 0.1) is 28.8 Å². The number of carbonyl (C=O) groups excluding carboxylic acids is 1. The van der Waals surface area contributed by atoms with Crippen LogP contribution in [0.3, 0.4) is 0 Å². The molecule has 5 aromatic rings. The fraction of sp³-hybridized carbons (Fsp3) is 0.379. The second-order valence-corrected chi connectivity index (χ2v) is 11.0. The Hall–Kier alpha value is -4.42. The van der Waals surface area contributed by atoms with Gasteiger partial charge in [0.25, 0.3) is 0 Å². The molecule has 210 valence electrons. The molecule has 12 nitrogen and oxygen atoms in total. The van der Waals surface area contributed by atoms with E-state index in [0.29, 0.717) is 40.7 Å². The maximum absolute atomic E-state index is 12.7. The number of H-pyrrole nitrogens is 2. The minimum absolute atomic E-state index is 0.0193. The van der Waals surface area contributed by atoms with E-state index in [1.165, 1.54) is 0 Å². The van der Waals surface area contributed by atoms with Crippen LogP contribution >= 0.6 is 0 Å². The number of pyridine rings is 3. The number of rotatable bonds is 6.